The number of rotatable bonds is 5. The Morgan fingerprint density at radius 1 is 1.04 bits per heavy atom. The van der Waals surface area contributed by atoms with Crippen LogP contribution in [0.1, 0.15) is 34.3 Å². The molecule has 0 aliphatic heterocycles. The Morgan fingerprint density at radius 2 is 1.74 bits per heavy atom. The maximum absolute atomic E-state index is 13.1. The summed E-state index contributed by atoms with van der Waals surface area (Å²) in [6, 6.07) is 7.44. The largest absolute Gasteiger partial charge is 0.351 e. The minimum Gasteiger partial charge on any atom is -0.351 e. The molecule has 5 nitrogen and oxygen atoms in total. The number of nitrogens with zero attached hydrogens (tertiary/aromatic N) is 1. The fraction of sp³-hybridized carbons (Fsp3) is 0.188. The highest BCUT2D eigenvalue weighted by Gasteiger charge is 2.13. The Bertz CT molecular complexity index is 735. The monoisotopic (exact) mass is 319 g/mol. The third-order valence-electron chi connectivity index (χ3n) is 2.93. The van der Waals surface area contributed by atoms with E-state index in [1.54, 1.807) is 0 Å². The molecule has 0 atom stereocenters. The molecule has 1 heterocycles. The van der Waals surface area contributed by atoms with Crippen molar-refractivity contribution < 1.29 is 18.4 Å². The highest BCUT2D eigenvalue weighted by molar-refractivity contribution is 6.03. The topological polar surface area (TPSA) is 71.1 Å². The second-order valence-electron chi connectivity index (χ2n) is 4.75. The van der Waals surface area contributed by atoms with Crippen LogP contribution in [0.25, 0.3) is 0 Å². The quantitative estimate of drug-likeness (QED) is 0.890. The van der Waals surface area contributed by atoms with Gasteiger partial charge in [-0.3, -0.25) is 9.59 Å². The van der Waals surface area contributed by atoms with Crippen LogP contribution in [0.3, 0.4) is 0 Å². The second-order valence-corrected chi connectivity index (χ2v) is 4.75. The van der Waals surface area contributed by atoms with Crippen LogP contribution in [0, 0.1) is 11.6 Å². The summed E-state index contributed by atoms with van der Waals surface area (Å²) in [5.41, 5.74) is 0.201. The standard InChI is InChI=1S/C16H15F2N3O2/c1-2-8-19-15(22)13-4-3-5-14(21-13)16(23)20-10-6-7-11(17)12(18)9-10/h3-7,9H,2,8H2,1H3,(H,19,22)(H,20,23). The molecule has 0 fully saturated rings. The summed E-state index contributed by atoms with van der Waals surface area (Å²) in [4.78, 5) is 27.9. The van der Waals surface area contributed by atoms with Gasteiger partial charge in [-0.1, -0.05) is 13.0 Å². The number of aromatic nitrogens is 1. The highest BCUT2D eigenvalue weighted by Crippen LogP contribution is 2.14. The smallest absolute Gasteiger partial charge is 0.274 e. The number of pyridine rings is 1. The van der Waals surface area contributed by atoms with Crippen LogP contribution >= 0.6 is 0 Å². The first kappa shape index (κ1) is 16.5. The Kier molecular flexibility index (Phi) is 5.35. The molecule has 0 aliphatic carbocycles. The Hall–Kier alpha value is -2.83. The van der Waals surface area contributed by atoms with Crippen molar-refractivity contribution in [1.82, 2.24) is 10.3 Å². The van der Waals surface area contributed by atoms with Gasteiger partial charge in [0.25, 0.3) is 11.8 Å². The van der Waals surface area contributed by atoms with E-state index in [9.17, 15) is 18.4 Å². The van der Waals surface area contributed by atoms with Gasteiger partial charge in [0.2, 0.25) is 0 Å². The minimum atomic E-state index is -1.07. The number of amides is 2. The first-order valence-corrected chi connectivity index (χ1v) is 7.03. The molecule has 0 saturated carbocycles. The molecule has 2 amide bonds. The number of hydrogen-bond acceptors (Lipinski definition) is 3. The van der Waals surface area contributed by atoms with Gasteiger partial charge >= 0.3 is 0 Å². The van der Waals surface area contributed by atoms with Crippen molar-refractivity contribution in [2.45, 2.75) is 13.3 Å². The summed E-state index contributed by atoms with van der Waals surface area (Å²) in [5.74, 6) is -3.07. The lowest BCUT2D eigenvalue weighted by Gasteiger charge is -2.07. The fourth-order valence-corrected chi connectivity index (χ4v) is 1.79. The van der Waals surface area contributed by atoms with E-state index in [4.69, 9.17) is 0 Å². The molecule has 0 spiro atoms. The fourth-order valence-electron chi connectivity index (χ4n) is 1.79. The molecule has 2 aromatic rings. The number of carbonyl (C=O) groups excluding carboxylic acids is 2. The second kappa shape index (κ2) is 7.44. The van der Waals surface area contributed by atoms with Gasteiger partial charge in [0, 0.05) is 18.3 Å². The summed E-state index contributed by atoms with van der Waals surface area (Å²) in [6.07, 6.45) is 0.780. The normalized spacial score (nSPS) is 10.2. The van der Waals surface area contributed by atoms with Gasteiger partial charge in [0.1, 0.15) is 11.4 Å². The predicted molar refractivity (Wildman–Crippen MR) is 81.2 cm³/mol. The zero-order chi connectivity index (χ0) is 16.8. The first-order chi connectivity index (χ1) is 11.0. The number of benzene rings is 1. The molecule has 0 bridgehead atoms. The maximum Gasteiger partial charge on any atom is 0.274 e. The number of halogens is 2. The van der Waals surface area contributed by atoms with Crippen molar-refractivity contribution in [3.05, 3.63) is 59.4 Å². The molecular weight excluding hydrogens is 304 g/mol. The lowest BCUT2D eigenvalue weighted by molar-refractivity contribution is 0.0948. The minimum absolute atomic E-state index is 0.00104. The summed E-state index contributed by atoms with van der Waals surface area (Å²) >= 11 is 0. The Labute approximate surface area is 131 Å². The van der Waals surface area contributed by atoms with Crippen LogP contribution < -0.4 is 10.6 Å². The van der Waals surface area contributed by atoms with Crippen molar-refractivity contribution in [1.29, 1.82) is 0 Å². The van der Waals surface area contributed by atoms with Crippen LogP contribution in [-0.4, -0.2) is 23.3 Å². The average Bonchev–Trinajstić information content (AvgIpc) is 2.56. The third-order valence-corrected chi connectivity index (χ3v) is 2.93. The van der Waals surface area contributed by atoms with Gasteiger partial charge in [-0.25, -0.2) is 13.8 Å². The van der Waals surface area contributed by atoms with Crippen LogP contribution in [-0.2, 0) is 0 Å². The molecule has 0 radical (unpaired) electrons. The molecule has 120 valence electrons. The maximum atomic E-state index is 13.1. The van der Waals surface area contributed by atoms with Crippen LogP contribution in [0.2, 0.25) is 0 Å². The van der Waals surface area contributed by atoms with Crippen LogP contribution in [0.15, 0.2) is 36.4 Å². The third kappa shape index (κ3) is 4.32. The van der Waals surface area contributed by atoms with Crippen molar-refractivity contribution in [2.75, 3.05) is 11.9 Å². The van der Waals surface area contributed by atoms with Crippen molar-refractivity contribution in [3.8, 4) is 0 Å². The van der Waals surface area contributed by atoms with Crippen molar-refractivity contribution in [2.24, 2.45) is 0 Å². The highest BCUT2D eigenvalue weighted by atomic mass is 19.2. The van der Waals surface area contributed by atoms with E-state index in [1.165, 1.54) is 24.3 Å². The molecule has 2 rings (SSSR count). The summed E-state index contributed by atoms with van der Waals surface area (Å²) in [5, 5.41) is 5.05. The SMILES string of the molecule is CCCNC(=O)c1cccc(C(=O)Nc2ccc(F)c(F)c2)n1. The first-order valence-electron chi connectivity index (χ1n) is 7.03. The predicted octanol–water partition coefficient (Wildman–Crippen LogP) is 2.75. The van der Waals surface area contributed by atoms with E-state index < -0.39 is 17.5 Å². The Morgan fingerprint density at radius 3 is 2.39 bits per heavy atom. The zero-order valence-corrected chi connectivity index (χ0v) is 12.4. The van der Waals surface area contributed by atoms with Crippen LogP contribution in [0.5, 0.6) is 0 Å². The number of anilines is 1. The van der Waals surface area contributed by atoms with Gasteiger partial charge in [-0.2, -0.15) is 0 Å². The van der Waals surface area contributed by atoms with E-state index in [1.807, 2.05) is 6.92 Å². The van der Waals surface area contributed by atoms with E-state index in [-0.39, 0.29) is 23.0 Å². The molecule has 23 heavy (non-hydrogen) atoms. The lowest BCUT2D eigenvalue weighted by Crippen LogP contribution is -2.26. The van der Waals surface area contributed by atoms with Crippen molar-refractivity contribution in [3.63, 3.8) is 0 Å². The Balaban J connectivity index is 2.13. The summed E-state index contributed by atoms with van der Waals surface area (Å²) < 4.78 is 26.0. The molecule has 0 saturated heterocycles. The number of hydrogen-bond donors (Lipinski definition) is 2. The molecule has 1 aromatic carbocycles. The molecule has 0 unspecified atom stereocenters. The molecular formula is C16H15F2N3O2. The molecule has 2 N–H and O–H groups in total. The van der Waals surface area contributed by atoms with Gasteiger partial charge in [-0.15, -0.1) is 0 Å². The van der Waals surface area contributed by atoms with E-state index in [0.29, 0.717) is 6.54 Å². The summed E-state index contributed by atoms with van der Waals surface area (Å²) in [6.45, 7) is 2.42. The number of nitrogens with one attached hydrogen (secondary N) is 2. The van der Waals surface area contributed by atoms with Gasteiger partial charge < -0.3 is 10.6 Å². The van der Waals surface area contributed by atoms with Gasteiger partial charge in [0.05, 0.1) is 0 Å². The zero-order valence-electron chi connectivity index (χ0n) is 12.4. The van der Waals surface area contributed by atoms with E-state index in [0.717, 1.165) is 18.6 Å². The average molecular weight is 319 g/mol. The molecule has 7 heteroatoms. The van der Waals surface area contributed by atoms with Gasteiger partial charge in [-0.05, 0) is 30.7 Å². The molecule has 0 aliphatic rings. The van der Waals surface area contributed by atoms with Gasteiger partial charge in [0.15, 0.2) is 11.6 Å². The summed E-state index contributed by atoms with van der Waals surface area (Å²) in [7, 11) is 0. The van der Waals surface area contributed by atoms with E-state index in [2.05, 4.69) is 15.6 Å². The molecule has 1 aromatic heterocycles. The van der Waals surface area contributed by atoms with Crippen molar-refractivity contribution >= 4 is 17.5 Å². The lowest BCUT2D eigenvalue weighted by atomic mass is 10.2. The number of carbonyl (C=O) groups is 2. The van der Waals surface area contributed by atoms with Crippen LogP contribution in [0.4, 0.5) is 14.5 Å². The van der Waals surface area contributed by atoms with E-state index >= 15 is 0 Å².